The van der Waals surface area contributed by atoms with Crippen molar-refractivity contribution in [2.75, 3.05) is 9.80 Å². The number of nitriles is 1. The van der Waals surface area contributed by atoms with Crippen LogP contribution in [0.2, 0.25) is 5.02 Å². The van der Waals surface area contributed by atoms with Gasteiger partial charge >= 0.3 is 0 Å². The van der Waals surface area contributed by atoms with Gasteiger partial charge in [-0.2, -0.15) is 5.26 Å². The van der Waals surface area contributed by atoms with E-state index in [1.54, 1.807) is 42.5 Å². The van der Waals surface area contributed by atoms with Gasteiger partial charge in [0.05, 0.1) is 0 Å². The zero-order chi connectivity index (χ0) is 31.8. The lowest BCUT2D eigenvalue weighted by atomic mass is 9.86. The quantitative estimate of drug-likeness (QED) is 0.373. The molecule has 12 heteroatoms. The molecule has 1 aliphatic heterocycles. The molecule has 1 saturated carbocycles. The van der Waals surface area contributed by atoms with Crippen molar-refractivity contribution in [3.63, 3.8) is 0 Å². The Balaban J connectivity index is 1.65. The highest BCUT2D eigenvalue weighted by Gasteiger charge is 2.49. The smallest absolute Gasteiger partial charge is 0.252 e. The molecule has 3 amide bonds. The molecule has 9 nitrogen and oxygen atoms in total. The summed E-state index contributed by atoms with van der Waals surface area (Å²) in [6.07, 6.45) is 0.399. The Morgan fingerprint density at radius 1 is 1.16 bits per heavy atom. The van der Waals surface area contributed by atoms with E-state index in [1.165, 1.54) is 17.2 Å². The third kappa shape index (κ3) is 6.26. The van der Waals surface area contributed by atoms with Gasteiger partial charge in [-0.3, -0.25) is 24.2 Å². The van der Waals surface area contributed by atoms with E-state index < -0.39 is 54.6 Å². The fourth-order valence-electron chi connectivity index (χ4n) is 5.52. The normalized spacial score (nSPS) is 18.7. The number of halogens is 3. The lowest BCUT2D eigenvalue weighted by Crippen LogP contribution is -2.56. The second-order valence-corrected chi connectivity index (χ2v) is 12.5. The van der Waals surface area contributed by atoms with Crippen molar-refractivity contribution < 1.29 is 23.2 Å². The zero-order valence-electron chi connectivity index (χ0n) is 24.4. The average molecular weight is 621 g/mol. The first-order valence-corrected chi connectivity index (χ1v) is 14.6. The number of anilines is 2. The molecule has 0 spiro atoms. The predicted octanol–water partition coefficient (Wildman–Crippen LogP) is 5.48. The van der Waals surface area contributed by atoms with Crippen molar-refractivity contribution in [2.45, 2.75) is 75.9 Å². The number of rotatable bonds is 7. The minimum Gasteiger partial charge on any atom is -0.351 e. The highest BCUT2D eigenvalue weighted by atomic mass is 35.5. The highest BCUT2D eigenvalue weighted by Crippen LogP contribution is 2.40. The molecule has 0 unspecified atom stereocenters. The summed E-state index contributed by atoms with van der Waals surface area (Å²) < 4.78 is 27.5. The van der Waals surface area contributed by atoms with Crippen molar-refractivity contribution in [1.29, 1.82) is 5.26 Å². The molecule has 2 aromatic carbocycles. The number of nitrogens with one attached hydrogen (secondary N) is 1. The van der Waals surface area contributed by atoms with Crippen molar-refractivity contribution in [2.24, 2.45) is 0 Å². The van der Waals surface area contributed by atoms with Gasteiger partial charge in [0.15, 0.2) is 0 Å². The van der Waals surface area contributed by atoms with E-state index in [-0.39, 0.29) is 40.5 Å². The molecule has 0 bridgehead atoms. The van der Waals surface area contributed by atoms with Crippen LogP contribution in [0, 0.1) is 11.3 Å². The Hall–Kier alpha value is -4.43. The van der Waals surface area contributed by atoms with Gasteiger partial charge < -0.3 is 5.32 Å². The van der Waals surface area contributed by atoms with Crippen LogP contribution >= 0.6 is 11.6 Å². The lowest BCUT2D eigenvalue weighted by molar-refractivity contribution is -0.133. The molecule has 5 rings (SSSR count). The van der Waals surface area contributed by atoms with E-state index in [0.717, 1.165) is 10.5 Å². The summed E-state index contributed by atoms with van der Waals surface area (Å²) >= 11 is 6.62. The fourth-order valence-corrected chi connectivity index (χ4v) is 5.76. The molecule has 2 fully saturated rings. The van der Waals surface area contributed by atoms with Crippen LogP contribution in [0.4, 0.5) is 20.4 Å². The van der Waals surface area contributed by atoms with Crippen molar-refractivity contribution in [3.8, 4) is 6.07 Å². The van der Waals surface area contributed by atoms with Crippen LogP contribution in [0.15, 0.2) is 60.8 Å². The van der Waals surface area contributed by atoms with E-state index >= 15 is 0 Å². The number of aromatic nitrogens is 2. The SMILES string of the molecule is CC(C)(C)c1cccc(N(C(=O)[C@@H]2CCC(=O)N2c2nccc(C#N)n2)[C@H](C(=O)NC2CC(F)(F)C2)c2ccccc2Cl)c1. The number of carbonyl (C=O) groups is 3. The highest BCUT2D eigenvalue weighted by molar-refractivity contribution is 6.31. The third-order valence-electron chi connectivity index (χ3n) is 7.84. The first kappa shape index (κ1) is 31.0. The molecule has 1 N–H and O–H groups in total. The number of amides is 3. The van der Waals surface area contributed by atoms with Crippen LogP contribution in [0.3, 0.4) is 0 Å². The van der Waals surface area contributed by atoms with Crippen LogP contribution in [0.5, 0.6) is 0 Å². The maximum atomic E-state index is 14.8. The Morgan fingerprint density at radius 3 is 2.55 bits per heavy atom. The van der Waals surface area contributed by atoms with E-state index in [2.05, 4.69) is 15.3 Å². The molecule has 2 heterocycles. The minimum atomic E-state index is -2.88. The number of hydrogen-bond acceptors (Lipinski definition) is 6. The van der Waals surface area contributed by atoms with Gasteiger partial charge in [-0.25, -0.2) is 18.7 Å². The van der Waals surface area contributed by atoms with Gasteiger partial charge in [-0.15, -0.1) is 0 Å². The molecule has 1 saturated heterocycles. The van der Waals surface area contributed by atoms with Crippen LogP contribution in [0.25, 0.3) is 0 Å². The van der Waals surface area contributed by atoms with Gasteiger partial charge in [-0.1, -0.05) is 62.7 Å². The number of benzene rings is 2. The standard InChI is InChI=1S/C32H31ClF2N6O3/c1-31(2,3)19-7-6-8-22(15-19)40(29(44)25-11-12-26(42)41(25)30-37-14-13-20(18-36)39-30)27(23-9-4-5-10-24(23)33)28(43)38-21-16-32(34,35)17-21/h4-10,13-15,21,25,27H,11-12,16-17H2,1-3H3,(H,38,43)/t25-,27-/m0/s1. The second kappa shape index (κ2) is 11.9. The first-order valence-electron chi connectivity index (χ1n) is 14.2. The van der Waals surface area contributed by atoms with Crippen molar-refractivity contribution in [3.05, 3.63) is 82.6 Å². The summed E-state index contributed by atoms with van der Waals surface area (Å²) in [5.74, 6) is -4.71. The van der Waals surface area contributed by atoms with Crippen molar-refractivity contribution in [1.82, 2.24) is 15.3 Å². The van der Waals surface area contributed by atoms with Crippen molar-refractivity contribution >= 4 is 41.0 Å². The molecule has 44 heavy (non-hydrogen) atoms. The summed E-state index contributed by atoms with van der Waals surface area (Å²) in [5.41, 5.74) is 1.19. The molecule has 1 aliphatic carbocycles. The van der Waals surface area contributed by atoms with Gasteiger partial charge in [-0.05, 0) is 41.7 Å². The van der Waals surface area contributed by atoms with Gasteiger partial charge in [0.25, 0.3) is 11.8 Å². The number of hydrogen-bond donors (Lipinski definition) is 1. The Bertz CT molecular complexity index is 1650. The largest absolute Gasteiger partial charge is 0.351 e. The minimum absolute atomic E-state index is 0.00648. The molecule has 2 aliphatic rings. The third-order valence-corrected chi connectivity index (χ3v) is 8.18. The maximum Gasteiger partial charge on any atom is 0.252 e. The fraction of sp³-hybridized carbons (Fsp3) is 0.375. The number of nitrogens with zero attached hydrogens (tertiary/aromatic N) is 5. The average Bonchev–Trinajstić information content (AvgIpc) is 3.36. The van der Waals surface area contributed by atoms with E-state index in [1.807, 2.05) is 32.9 Å². The second-order valence-electron chi connectivity index (χ2n) is 12.1. The van der Waals surface area contributed by atoms with Gasteiger partial charge in [0.2, 0.25) is 17.8 Å². The molecule has 0 radical (unpaired) electrons. The summed E-state index contributed by atoms with van der Waals surface area (Å²) in [7, 11) is 0. The predicted molar refractivity (Wildman–Crippen MR) is 160 cm³/mol. The Labute approximate surface area is 258 Å². The zero-order valence-corrected chi connectivity index (χ0v) is 25.2. The first-order chi connectivity index (χ1) is 20.8. The lowest BCUT2D eigenvalue weighted by Gasteiger charge is -2.39. The Morgan fingerprint density at radius 2 is 1.89 bits per heavy atom. The molecule has 228 valence electrons. The molecule has 2 atom stereocenters. The van der Waals surface area contributed by atoms with E-state index in [0.29, 0.717) is 5.69 Å². The number of alkyl halides is 2. The van der Waals surface area contributed by atoms with Gasteiger partial charge in [0, 0.05) is 47.8 Å². The molecule has 1 aromatic heterocycles. The van der Waals surface area contributed by atoms with Crippen LogP contribution in [0.1, 0.15) is 69.3 Å². The molecular weight excluding hydrogens is 590 g/mol. The van der Waals surface area contributed by atoms with Crippen LogP contribution < -0.4 is 15.1 Å². The molecule has 3 aromatic rings. The summed E-state index contributed by atoms with van der Waals surface area (Å²) in [6, 6.07) is 13.7. The summed E-state index contributed by atoms with van der Waals surface area (Å²) in [5, 5.41) is 12.3. The summed E-state index contributed by atoms with van der Waals surface area (Å²) in [4.78, 5) is 52.7. The number of carbonyl (C=O) groups excluding carboxylic acids is 3. The topological polar surface area (TPSA) is 119 Å². The van der Waals surface area contributed by atoms with E-state index in [4.69, 9.17) is 11.6 Å². The summed E-state index contributed by atoms with van der Waals surface area (Å²) in [6.45, 7) is 6.01. The Kier molecular flexibility index (Phi) is 8.40. The van der Waals surface area contributed by atoms with E-state index in [9.17, 15) is 28.4 Å². The van der Waals surface area contributed by atoms with Crippen LogP contribution in [-0.2, 0) is 19.8 Å². The molecular formula is C32H31ClF2N6O3. The van der Waals surface area contributed by atoms with Gasteiger partial charge in [0.1, 0.15) is 23.8 Å². The van der Waals surface area contributed by atoms with Crippen LogP contribution in [-0.4, -0.2) is 45.7 Å². The maximum absolute atomic E-state index is 14.8. The monoisotopic (exact) mass is 620 g/mol.